The van der Waals surface area contributed by atoms with Gasteiger partial charge >= 0.3 is 0 Å². The molecule has 82 valence electrons. The van der Waals surface area contributed by atoms with Crippen molar-refractivity contribution in [2.24, 2.45) is 0 Å². The van der Waals surface area contributed by atoms with Crippen molar-refractivity contribution in [3.8, 4) is 0 Å². The highest BCUT2D eigenvalue weighted by Gasteiger charge is 2.15. The molecule has 0 spiro atoms. The van der Waals surface area contributed by atoms with Crippen molar-refractivity contribution < 1.29 is 4.39 Å². The first-order chi connectivity index (χ1) is 7.25. The van der Waals surface area contributed by atoms with Gasteiger partial charge in [-0.1, -0.05) is 0 Å². The molecule has 2 rings (SSSR count). The average Bonchev–Trinajstić information content (AvgIpc) is 2.24. The third-order valence-electron chi connectivity index (χ3n) is 2.52. The summed E-state index contributed by atoms with van der Waals surface area (Å²) in [6.45, 7) is 2.12. The molecule has 3 N–H and O–H groups in total. The summed E-state index contributed by atoms with van der Waals surface area (Å²) in [6.07, 6.45) is 2.41. The van der Waals surface area contributed by atoms with Gasteiger partial charge in [-0.3, -0.25) is 0 Å². The van der Waals surface area contributed by atoms with Gasteiger partial charge in [0.05, 0.1) is 0 Å². The van der Waals surface area contributed by atoms with Crippen LogP contribution in [0.4, 0.5) is 10.1 Å². The van der Waals surface area contributed by atoms with E-state index in [2.05, 4.69) is 5.32 Å². The SMILES string of the molecule is Nc1cc(F)ccc1SC1CCCNC1. The van der Waals surface area contributed by atoms with Crippen LogP contribution in [-0.4, -0.2) is 18.3 Å². The maximum absolute atomic E-state index is 12.8. The number of halogens is 1. The lowest BCUT2D eigenvalue weighted by Crippen LogP contribution is -2.31. The fraction of sp³-hybridized carbons (Fsp3) is 0.455. The highest BCUT2D eigenvalue weighted by Crippen LogP contribution is 2.31. The van der Waals surface area contributed by atoms with Crippen LogP contribution in [0.3, 0.4) is 0 Å². The molecule has 1 unspecified atom stereocenters. The molecule has 1 heterocycles. The molecule has 0 aromatic heterocycles. The van der Waals surface area contributed by atoms with Gasteiger partial charge in [0.15, 0.2) is 0 Å². The lowest BCUT2D eigenvalue weighted by Gasteiger charge is -2.22. The quantitative estimate of drug-likeness (QED) is 0.760. The fourth-order valence-electron chi connectivity index (χ4n) is 1.73. The second kappa shape index (κ2) is 4.86. The van der Waals surface area contributed by atoms with E-state index in [9.17, 15) is 4.39 Å². The summed E-state index contributed by atoms with van der Waals surface area (Å²) in [5.41, 5.74) is 6.30. The number of nitrogens with two attached hydrogens (primary N) is 1. The van der Waals surface area contributed by atoms with E-state index in [0.29, 0.717) is 10.9 Å². The van der Waals surface area contributed by atoms with Gasteiger partial charge < -0.3 is 11.1 Å². The molecule has 1 aliphatic rings. The van der Waals surface area contributed by atoms with Crippen LogP contribution in [0.2, 0.25) is 0 Å². The number of anilines is 1. The Labute approximate surface area is 93.4 Å². The molecule has 4 heteroatoms. The molecular weight excluding hydrogens is 211 g/mol. The molecule has 0 bridgehead atoms. The lowest BCUT2D eigenvalue weighted by atomic mass is 10.2. The van der Waals surface area contributed by atoms with E-state index in [0.717, 1.165) is 18.0 Å². The zero-order valence-corrected chi connectivity index (χ0v) is 9.32. The number of benzene rings is 1. The second-order valence-corrected chi connectivity index (χ2v) is 5.11. The third-order valence-corrected chi connectivity index (χ3v) is 3.88. The highest BCUT2D eigenvalue weighted by molar-refractivity contribution is 8.00. The van der Waals surface area contributed by atoms with Crippen LogP contribution in [0, 0.1) is 5.82 Å². The Kier molecular flexibility index (Phi) is 3.49. The monoisotopic (exact) mass is 226 g/mol. The van der Waals surface area contributed by atoms with Gasteiger partial charge in [0.25, 0.3) is 0 Å². The van der Waals surface area contributed by atoms with Gasteiger partial charge in [0, 0.05) is 22.4 Å². The molecule has 2 nitrogen and oxygen atoms in total. The van der Waals surface area contributed by atoms with Crippen molar-refractivity contribution in [1.82, 2.24) is 5.32 Å². The third kappa shape index (κ3) is 2.86. The summed E-state index contributed by atoms with van der Waals surface area (Å²) in [5, 5.41) is 3.91. The smallest absolute Gasteiger partial charge is 0.125 e. The van der Waals surface area contributed by atoms with Crippen molar-refractivity contribution >= 4 is 17.4 Å². The lowest BCUT2D eigenvalue weighted by molar-refractivity contribution is 0.531. The molecule has 1 aromatic rings. The molecular formula is C11H15FN2S. The molecule has 1 aliphatic heterocycles. The van der Waals surface area contributed by atoms with Crippen LogP contribution in [0.25, 0.3) is 0 Å². The minimum atomic E-state index is -0.265. The summed E-state index contributed by atoms with van der Waals surface area (Å²) < 4.78 is 12.8. The topological polar surface area (TPSA) is 38.0 Å². The molecule has 1 saturated heterocycles. The summed E-state index contributed by atoms with van der Waals surface area (Å²) in [4.78, 5) is 0.991. The van der Waals surface area contributed by atoms with E-state index in [1.54, 1.807) is 17.8 Å². The Morgan fingerprint density at radius 3 is 3.00 bits per heavy atom. The number of nitrogens with one attached hydrogen (secondary N) is 1. The maximum atomic E-state index is 12.8. The van der Waals surface area contributed by atoms with Crippen LogP contribution in [0.15, 0.2) is 23.1 Å². The molecule has 0 aliphatic carbocycles. The Morgan fingerprint density at radius 2 is 2.33 bits per heavy atom. The minimum absolute atomic E-state index is 0.265. The second-order valence-electron chi connectivity index (χ2n) is 3.77. The van der Waals surface area contributed by atoms with E-state index in [1.165, 1.54) is 25.0 Å². The van der Waals surface area contributed by atoms with E-state index >= 15 is 0 Å². The van der Waals surface area contributed by atoms with Gasteiger partial charge in [0.2, 0.25) is 0 Å². The van der Waals surface area contributed by atoms with Gasteiger partial charge in [-0.05, 0) is 37.6 Å². The molecule has 1 fully saturated rings. The van der Waals surface area contributed by atoms with Crippen molar-refractivity contribution in [1.29, 1.82) is 0 Å². The van der Waals surface area contributed by atoms with Crippen LogP contribution in [0.5, 0.6) is 0 Å². The van der Waals surface area contributed by atoms with Gasteiger partial charge in [-0.25, -0.2) is 4.39 Å². The first-order valence-electron chi connectivity index (χ1n) is 5.18. The van der Waals surface area contributed by atoms with Crippen molar-refractivity contribution in [3.05, 3.63) is 24.0 Å². The molecule has 0 saturated carbocycles. The fourth-order valence-corrected chi connectivity index (χ4v) is 2.91. The number of hydrogen-bond acceptors (Lipinski definition) is 3. The Hall–Kier alpha value is -0.740. The molecule has 15 heavy (non-hydrogen) atoms. The predicted octanol–water partition coefficient (Wildman–Crippen LogP) is 2.25. The van der Waals surface area contributed by atoms with E-state index < -0.39 is 0 Å². The largest absolute Gasteiger partial charge is 0.398 e. The van der Waals surface area contributed by atoms with Crippen molar-refractivity contribution in [3.63, 3.8) is 0 Å². The van der Waals surface area contributed by atoms with Crippen molar-refractivity contribution in [2.45, 2.75) is 23.0 Å². The molecule has 0 amide bonds. The zero-order chi connectivity index (χ0) is 10.7. The van der Waals surface area contributed by atoms with Crippen LogP contribution in [-0.2, 0) is 0 Å². The van der Waals surface area contributed by atoms with Gasteiger partial charge in [-0.15, -0.1) is 11.8 Å². The van der Waals surface area contributed by atoms with E-state index in [1.807, 2.05) is 0 Å². The zero-order valence-electron chi connectivity index (χ0n) is 8.50. The summed E-state index contributed by atoms with van der Waals surface area (Å²) in [7, 11) is 0. The van der Waals surface area contributed by atoms with Crippen molar-refractivity contribution in [2.75, 3.05) is 18.8 Å². The summed E-state index contributed by atoms with van der Waals surface area (Å²) >= 11 is 1.75. The number of thioether (sulfide) groups is 1. The number of nitrogen functional groups attached to an aromatic ring is 1. The highest BCUT2D eigenvalue weighted by atomic mass is 32.2. The Balaban J connectivity index is 2.03. The number of hydrogen-bond donors (Lipinski definition) is 2. The standard InChI is InChI=1S/C11H15FN2S/c12-8-3-4-11(10(13)6-8)15-9-2-1-5-14-7-9/h3-4,6,9,14H,1-2,5,7,13H2. The predicted molar refractivity (Wildman–Crippen MR) is 62.6 cm³/mol. The summed E-state index contributed by atoms with van der Waals surface area (Å²) in [6, 6.07) is 4.62. The molecule has 1 aromatic carbocycles. The first-order valence-corrected chi connectivity index (χ1v) is 6.06. The Bertz CT molecular complexity index is 337. The van der Waals surface area contributed by atoms with E-state index in [4.69, 9.17) is 5.73 Å². The maximum Gasteiger partial charge on any atom is 0.125 e. The van der Waals surface area contributed by atoms with Crippen LogP contribution >= 0.6 is 11.8 Å². The number of piperidine rings is 1. The normalized spacial score (nSPS) is 21.5. The van der Waals surface area contributed by atoms with E-state index in [-0.39, 0.29) is 5.82 Å². The first kappa shape index (κ1) is 10.8. The molecule has 1 atom stereocenters. The van der Waals surface area contributed by atoms with Crippen LogP contribution < -0.4 is 11.1 Å². The summed E-state index contributed by atoms with van der Waals surface area (Å²) in [5.74, 6) is -0.265. The molecule has 0 radical (unpaired) electrons. The van der Waals surface area contributed by atoms with Gasteiger partial charge in [-0.2, -0.15) is 0 Å². The van der Waals surface area contributed by atoms with Crippen LogP contribution in [0.1, 0.15) is 12.8 Å². The number of rotatable bonds is 2. The van der Waals surface area contributed by atoms with Gasteiger partial charge in [0.1, 0.15) is 5.82 Å². The minimum Gasteiger partial charge on any atom is -0.398 e. The Morgan fingerprint density at radius 1 is 1.47 bits per heavy atom. The average molecular weight is 226 g/mol.